The smallest absolute Gasteiger partial charge is 0.191 e. The number of nitrogens with one attached hydrogen (secondary N) is 2. The molecule has 128 valence electrons. The van der Waals surface area contributed by atoms with E-state index in [-0.39, 0.29) is 5.82 Å². The number of rotatable bonds is 6. The minimum atomic E-state index is -0.188. The summed E-state index contributed by atoms with van der Waals surface area (Å²) in [5.74, 6) is 0.526. The molecule has 0 atom stereocenters. The molecule has 1 saturated carbocycles. The van der Waals surface area contributed by atoms with Crippen LogP contribution in [0.2, 0.25) is 0 Å². The van der Waals surface area contributed by atoms with E-state index in [1.165, 1.54) is 38.2 Å². The van der Waals surface area contributed by atoms with E-state index >= 15 is 0 Å². The van der Waals surface area contributed by atoms with Crippen LogP contribution in [0.4, 0.5) is 4.39 Å². The highest BCUT2D eigenvalue weighted by atomic mass is 19.1. The van der Waals surface area contributed by atoms with Crippen molar-refractivity contribution in [1.29, 1.82) is 0 Å². The maximum Gasteiger partial charge on any atom is 0.191 e. The predicted molar refractivity (Wildman–Crippen MR) is 94.1 cm³/mol. The molecule has 1 aromatic carbocycles. The Morgan fingerprint density at radius 3 is 2.65 bits per heavy atom. The Bertz CT molecular complexity index is 498. The van der Waals surface area contributed by atoms with Crippen LogP contribution in [-0.4, -0.2) is 44.1 Å². The maximum atomic E-state index is 13.6. The lowest BCUT2D eigenvalue weighted by atomic mass is 9.94. The van der Waals surface area contributed by atoms with E-state index in [9.17, 15) is 4.39 Å². The molecule has 0 radical (unpaired) electrons. The maximum absolute atomic E-state index is 13.6. The second-order valence-electron chi connectivity index (χ2n) is 6.22. The van der Waals surface area contributed by atoms with E-state index in [1.807, 2.05) is 6.07 Å². The first-order chi connectivity index (χ1) is 11.2. The van der Waals surface area contributed by atoms with Crippen LogP contribution in [0.5, 0.6) is 0 Å². The Morgan fingerprint density at radius 1 is 1.22 bits per heavy atom. The molecule has 0 unspecified atom stereocenters. The highest BCUT2D eigenvalue weighted by Gasteiger charge is 2.17. The second kappa shape index (κ2) is 9.50. The molecule has 0 amide bonds. The first kappa shape index (κ1) is 17.7. The Kier molecular flexibility index (Phi) is 7.33. The average molecular weight is 320 g/mol. The van der Waals surface area contributed by atoms with Gasteiger partial charge < -0.3 is 15.5 Å². The van der Waals surface area contributed by atoms with Crippen LogP contribution in [0.1, 0.15) is 37.7 Å². The lowest BCUT2D eigenvalue weighted by Crippen LogP contribution is -2.43. The highest BCUT2D eigenvalue weighted by Crippen LogP contribution is 2.21. The molecule has 0 bridgehead atoms. The molecule has 0 aliphatic heterocycles. The van der Waals surface area contributed by atoms with Crippen molar-refractivity contribution in [3.05, 3.63) is 35.6 Å². The molecule has 4 nitrogen and oxygen atoms in total. The van der Waals surface area contributed by atoms with Gasteiger partial charge in [0.15, 0.2) is 5.96 Å². The van der Waals surface area contributed by atoms with Crippen molar-refractivity contribution in [2.45, 2.75) is 44.7 Å². The van der Waals surface area contributed by atoms with Crippen molar-refractivity contribution in [2.75, 3.05) is 27.2 Å². The molecule has 1 aromatic rings. The topological polar surface area (TPSA) is 39.7 Å². The zero-order valence-corrected chi connectivity index (χ0v) is 14.3. The zero-order valence-electron chi connectivity index (χ0n) is 14.3. The summed E-state index contributed by atoms with van der Waals surface area (Å²) >= 11 is 0. The van der Waals surface area contributed by atoms with Crippen molar-refractivity contribution in [2.24, 2.45) is 4.99 Å². The summed E-state index contributed by atoms with van der Waals surface area (Å²) in [6.45, 7) is 2.26. The molecule has 2 rings (SSSR count). The third-order valence-corrected chi connectivity index (χ3v) is 4.58. The van der Waals surface area contributed by atoms with E-state index < -0.39 is 0 Å². The molecule has 5 heteroatoms. The molecule has 0 aromatic heterocycles. The average Bonchev–Trinajstić information content (AvgIpc) is 2.59. The van der Waals surface area contributed by atoms with Gasteiger partial charge in [-0.05, 0) is 26.0 Å². The van der Waals surface area contributed by atoms with Crippen LogP contribution in [-0.2, 0) is 6.54 Å². The Balaban J connectivity index is 1.69. The van der Waals surface area contributed by atoms with Gasteiger partial charge in [-0.1, -0.05) is 37.5 Å². The number of guanidine groups is 1. The van der Waals surface area contributed by atoms with Gasteiger partial charge in [-0.25, -0.2) is 4.39 Å². The minimum Gasteiger partial charge on any atom is -0.355 e. The molecule has 1 fully saturated rings. The van der Waals surface area contributed by atoms with Gasteiger partial charge in [0, 0.05) is 38.3 Å². The Morgan fingerprint density at radius 2 is 1.96 bits per heavy atom. The van der Waals surface area contributed by atoms with Crippen molar-refractivity contribution >= 4 is 5.96 Å². The van der Waals surface area contributed by atoms with Crippen LogP contribution in [0.25, 0.3) is 0 Å². The molecular weight excluding hydrogens is 291 g/mol. The summed E-state index contributed by atoms with van der Waals surface area (Å²) in [6, 6.07) is 7.53. The van der Waals surface area contributed by atoms with Gasteiger partial charge in [0.1, 0.15) is 5.82 Å². The van der Waals surface area contributed by atoms with E-state index in [1.54, 1.807) is 19.2 Å². The molecular formula is C18H29FN4. The summed E-state index contributed by atoms with van der Waals surface area (Å²) in [5.41, 5.74) is 0.648. The van der Waals surface area contributed by atoms with Gasteiger partial charge in [0.25, 0.3) is 0 Å². The van der Waals surface area contributed by atoms with E-state index in [0.29, 0.717) is 18.1 Å². The monoisotopic (exact) mass is 320 g/mol. The number of hydrogen-bond acceptors (Lipinski definition) is 2. The standard InChI is InChI=1S/C18H29FN4/c1-20-18(22-14-15-8-6-7-11-17(15)19)21-12-13-23(2)16-9-4-3-5-10-16/h6-8,11,16H,3-5,9-10,12-14H2,1-2H3,(H2,20,21,22). The fourth-order valence-electron chi connectivity index (χ4n) is 3.10. The first-order valence-electron chi connectivity index (χ1n) is 8.59. The minimum absolute atomic E-state index is 0.188. The van der Waals surface area contributed by atoms with Crippen molar-refractivity contribution in [1.82, 2.24) is 15.5 Å². The zero-order chi connectivity index (χ0) is 16.5. The van der Waals surface area contributed by atoms with Gasteiger partial charge in [-0.15, -0.1) is 0 Å². The Hall–Kier alpha value is -1.62. The normalized spacial score (nSPS) is 16.6. The Labute approximate surface area is 139 Å². The van der Waals surface area contributed by atoms with Crippen LogP contribution < -0.4 is 10.6 Å². The lowest BCUT2D eigenvalue weighted by Gasteiger charge is -2.31. The SMILES string of the molecule is CN=C(NCCN(C)C1CCCCC1)NCc1ccccc1F. The molecule has 0 heterocycles. The quantitative estimate of drug-likeness (QED) is 0.625. The highest BCUT2D eigenvalue weighted by molar-refractivity contribution is 5.79. The van der Waals surface area contributed by atoms with Crippen LogP contribution in [0, 0.1) is 5.82 Å². The number of aliphatic imine (C=N–C) groups is 1. The third kappa shape index (κ3) is 5.82. The fourth-order valence-corrected chi connectivity index (χ4v) is 3.10. The number of hydrogen-bond donors (Lipinski definition) is 2. The summed E-state index contributed by atoms with van der Waals surface area (Å²) in [5, 5.41) is 6.46. The molecule has 23 heavy (non-hydrogen) atoms. The van der Waals surface area contributed by atoms with Gasteiger partial charge >= 0.3 is 0 Å². The summed E-state index contributed by atoms with van der Waals surface area (Å²) < 4.78 is 13.6. The predicted octanol–water partition coefficient (Wildman–Crippen LogP) is 2.76. The van der Waals surface area contributed by atoms with E-state index in [2.05, 4.69) is 27.6 Å². The van der Waals surface area contributed by atoms with Crippen molar-refractivity contribution in [3.63, 3.8) is 0 Å². The number of halogens is 1. The number of nitrogens with zero attached hydrogens (tertiary/aromatic N) is 2. The summed E-state index contributed by atoms with van der Waals surface area (Å²) in [4.78, 5) is 6.64. The van der Waals surface area contributed by atoms with Crippen LogP contribution in [0.3, 0.4) is 0 Å². The van der Waals surface area contributed by atoms with Crippen molar-refractivity contribution in [3.8, 4) is 0 Å². The molecule has 2 N–H and O–H groups in total. The molecule has 1 aliphatic rings. The van der Waals surface area contributed by atoms with Crippen LogP contribution in [0.15, 0.2) is 29.3 Å². The molecule has 0 saturated heterocycles. The second-order valence-corrected chi connectivity index (χ2v) is 6.22. The van der Waals surface area contributed by atoms with E-state index in [0.717, 1.165) is 19.1 Å². The molecule has 1 aliphatic carbocycles. The van der Waals surface area contributed by atoms with Gasteiger partial charge in [0.2, 0.25) is 0 Å². The lowest BCUT2D eigenvalue weighted by molar-refractivity contribution is 0.194. The number of benzene rings is 1. The van der Waals surface area contributed by atoms with Crippen molar-refractivity contribution < 1.29 is 4.39 Å². The molecule has 0 spiro atoms. The first-order valence-corrected chi connectivity index (χ1v) is 8.59. The third-order valence-electron chi connectivity index (χ3n) is 4.58. The summed E-state index contributed by atoms with van der Waals surface area (Å²) in [7, 11) is 3.94. The largest absolute Gasteiger partial charge is 0.355 e. The number of likely N-dealkylation sites (N-methyl/N-ethyl adjacent to an activating group) is 1. The summed E-state index contributed by atoms with van der Waals surface area (Å²) in [6.07, 6.45) is 6.73. The van der Waals surface area contributed by atoms with Crippen LogP contribution >= 0.6 is 0 Å². The fraction of sp³-hybridized carbons (Fsp3) is 0.611. The van der Waals surface area contributed by atoms with Gasteiger partial charge in [-0.3, -0.25) is 4.99 Å². The van der Waals surface area contributed by atoms with E-state index in [4.69, 9.17) is 0 Å². The van der Waals surface area contributed by atoms with Gasteiger partial charge in [-0.2, -0.15) is 0 Å². The van der Waals surface area contributed by atoms with Gasteiger partial charge in [0.05, 0.1) is 0 Å².